The van der Waals surface area contributed by atoms with Crippen molar-refractivity contribution in [3.05, 3.63) is 18.2 Å². The van der Waals surface area contributed by atoms with Gasteiger partial charge in [0.2, 0.25) is 0 Å². The van der Waals surface area contributed by atoms with Gasteiger partial charge in [0.05, 0.1) is 5.69 Å². The van der Waals surface area contributed by atoms with E-state index in [1.54, 1.807) is 6.07 Å². The number of benzene rings is 1. The van der Waals surface area contributed by atoms with E-state index in [2.05, 4.69) is 5.32 Å². The maximum Gasteiger partial charge on any atom is 0.296 e. The van der Waals surface area contributed by atoms with Crippen LogP contribution in [0.15, 0.2) is 23.1 Å². The third kappa shape index (κ3) is 3.10. The molecule has 0 bridgehead atoms. The Balaban J connectivity index is 3.06. The van der Waals surface area contributed by atoms with Crippen LogP contribution in [0.1, 0.15) is 13.3 Å². The minimum atomic E-state index is -4.25. The van der Waals surface area contributed by atoms with E-state index in [1.807, 2.05) is 6.92 Å². The lowest BCUT2D eigenvalue weighted by molar-refractivity contribution is 0.483. The molecule has 0 aliphatic heterocycles. The molecule has 1 aromatic carbocycles. The highest BCUT2D eigenvalue weighted by Gasteiger charge is 2.13. The molecule has 0 amide bonds. The first kappa shape index (κ1) is 11.8. The van der Waals surface area contributed by atoms with Crippen LogP contribution in [0.25, 0.3) is 0 Å². The van der Waals surface area contributed by atoms with Crippen LogP contribution >= 0.6 is 0 Å². The number of hydrogen-bond donors (Lipinski definition) is 3. The molecule has 0 aromatic heterocycles. The van der Waals surface area contributed by atoms with Gasteiger partial charge in [0.15, 0.2) is 0 Å². The smallest absolute Gasteiger partial charge is 0.296 e. The molecule has 5 nitrogen and oxygen atoms in total. The zero-order chi connectivity index (χ0) is 11.5. The molecule has 15 heavy (non-hydrogen) atoms. The average Bonchev–Trinajstić information content (AvgIpc) is 2.15. The summed E-state index contributed by atoms with van der Waals surface area (Å²) in [4.78, 5) is -0.261. The second-order valence-electron chi connectivity index (χ2n) is 3.15. The number of nitrogens with one attached hydrogen (secondary N) is 1. The highest BCUT2D eigenvalue weighted by molar-refractivity contribution is 7.86. The highest BCUT2D eigenvalue weighted by Crippen LogP contribution is 2.22. The Bertz CT molecular complexity index is 443. The minimum absolute atomic E-state index is 0.0412. The van der Waals surface area contributed by atoms with E-state index >= 15 is 0 Å². The number of nitrogen functional groups attached to an aromatic ring is 1. The predicted molar refractivity (Wildman–Crippen MR) is 59.4 cm³/mol. The SMILES string of the molecule is CCCNc1ccc(N)c(S(=O)(=O)O)c1. The van der Waals surface area contributed by atoms with Crippen LogP contribution in [-0.4, -0.2) is 19.5 Å². The maximum atomic E-state index is 10.9. The van der Waals surface area contributed by atoms with Crippen molar-refractivity contribution in [3.8, 4) is 0 Å². The second-order valence-corrected chi connectivity index (χ2v) is 4.54. The fraction of sp³-hybridized carbons (Fsp3) is 0.333. The summed E-state index contributed by atoms with van der Waals surface area (Å²) < 4.78 is 30.7. The van der Waals surface area contributed by atoms with Crippen LogP contribution in [-0.2, 0) is 10.1 Å². The van der Waals surface area contributed by atoms with Gasteiger partial charge in [0.1, 0.15) is 4.90 Å². The molecule has 0 aliphatic carbocycles. The molecule has 4 N–H and O–H groups in total. The monoisotopic (exact) mass is 230 g/mol. The fourth-order valence-corrected chi connectivity index (χ4v) is 1.78. The molecular weight excluding hydrogens is 216 g/mol. The lowest BCUT2D eigenvalue weighted by Crippen LogP contribution is -2.05. The van der Waals surface area contributed by atoms with Gasteiger partial charge in [-0.1, -0.05) is 6.92 Å². The van der Waals surface area contributed by atoms with E-state index in [4.69, 9.17) is 10.3 Å². The molecule has 0 spiro atoms. The summed E-state index contributed by atoms with van der Waals surface area (Å²) in [6.45, 7) is 2.73. The number of nitrogens with two attached hydrogens (primary N) is 1. The summed E-state index contributed by atoms with van der Waals surface area (Å²) >= 11 is 0. The first-order valence-electron chi connectivity index (χ1n) is 4.56. The van der Waals surface area contributed by atoms with Crippen LogP contribution in [0.2, 0.25) is 0 Å². The van der Waals surface area contributed by atoms with Crippen molar-refractivity contribution >= 4 is 21.5 Å². The number of rotatable bonds is 4. The van der Waals surface area contributed by atoms with Gasteiger partial charge in [-0.25, -0.2) is 0 Å². The van der Waals surface area contributed by atoms with Gasteiger partial charge in [0, 0.05) is 12.2 Å². The van der Waals surface area contributed by atoms with Gasteiger partial charge in [-0.15, -0.1) is 0 Å². The fourth-order valence-electron chi connectivity index (χ4n) is 1.14. The number of anilines is 2. The van der Waals surface area contributed by atoms with Gasteiger partial charge in [-0.3, -0.25) is 4.55 Å². The van der Waals surface area contributed by atoms with E-state index < -0.39 is 10.1 Å². The van der Waals surface area contributed by atoms with Crippen LogP contribution < -0.4 is 11.1 Å². The third-order valence-corrected chi connectivity index (χ3v) is 2.78. The second kappa shape index (κ2) is 4.50. The molecule has 6 heteroatoms. The zero-order valence-electron chi connectivity index (χ0n) is 8.40. The summed E-state index contributed by atoms with van der Waals surface area (Å²) in [5, 5.41) is 3.00. The molecular formula is C9H14N2O3S. The van der Waals surface area contributed by atoms with Gasteiger partial charge in [0.25, 0.3) is 10.1 Å². The summed E-state index contributed by atoms with van der Waals surface area (Å²) in [7, 11) is -4.25. The minimum Gasteiger partial charge on any atom is -0.398 e. The molecule has 0 saturated carbocycles. The van der Waals surface area contributed by atoms with Crippen molar-refractivity contribution in [2.75, 3.05) is 17.6 Å². The summed E-state index contributed by atoms with van der Waals surface area (Å²) in [5.74, 6) is 0. The number of hydrogen-bond acceptors (Lipinski definition) is 4. The molecule has 0 fully saturated rings. The van der Waals surface area contributed by atoms with E-state index in [0.717, 1.165) is 13.0 Å². The van der Waals surface area contributed by atoms with Crippen molar-refractivity contribution in [2.45, 2.75) is 18.2 Å². The molecule has 1 aromatic rings. The van der Waals surface area contributed by atoms with Crippen LogP contribution in [0.3, 0.4) is 0 Å². The first-order chi connectivity index (χ1) is 6.95. The van der Waals surface area contributed by atoms with Crippen molar-refractivity contribution in [1.82, 2.24) is 0 Å². The Morgan fingerprint density at radius 1 is 1.47 bits per heavy atom. The Morgan fingerprint density at radius 2 is 2.13 bits per heavy atom. The molecule has 0 radical (unpaired) electrons. The Hall–Kier alpha value is -1.27. The largest absolute Gasteiger partial charge is 0.398 e. The molecule has 1 rings (SSSR count). The molecule has 0 atom stereocenters. The van der Waals surface area contributed by atoms with Gasteiger partial charge < -0.3 is 11.1 Å². The van der Waals surface area contributed by atoms with Gasteiger partial charge >= 0.3 is 0 Å². The standard InChI is InChI=1S/C9H14N2O3S/c1-2-5-11-7-3-4-8(10)9(6-7)15(12,13)14/h3-4,6,11H,2,5,10H2,1H3,(H,12,13,14). The zero-order valence-corrected chi connectivity index (χ0v) is 9.21. The van der Waals surface area contributed by atoms with E-state index in [1.165, 1.54) is 12.1 Å². The summed E-state index contributed by atoms with van der Waals surface area (Å²) in [5.41, 5.74) is 6.10. The van der Waals surface area contributed by atoms with E-state index in [9.17, 15) is 8.42 Å². The van der Waals surface area contributed by atoms with Gasteiger partial charge in [-0.05, 0) is 24.6 Å². The quantitative estimate of drug-likeness (QED) is 0.536. The lowest BCUT2D eigenvalue weighted by atomic mass is 10.3. The molecule has 84 valence electrons. The van der Waals surface area contributed by atoms with Crippen LogP contribution in [0.4, 0.5) is 11.4 Å². The predicted octanol–water partition coefficient (Wildman–Crippen LogP) is 1.34. The topological polar surface area (TPSA) is 92.4 Å². The highest BCUT2D eigenvalue weighted by atomic mass is 32.2. The molecule has 0 heterocycles. The van der Waals surface area contributed by atoms with Crippen molar-refractivity contribution in [3.63, 3.8) is 0 Å². The summed E-state index contributed by atoms with van der Waals surface area (Å²) in [6, 6.07) is 4.43. The van der Waals surface area contributed by atoms with Crippen molar-refractivity contribution < 1.29 is 13.0 Å². The Kier molecular flexibility index (Phi) is 3.54. The molecule has 0 saturated heterocycles. The van der Waals surface area contributed by atoms with Crippen molar-refractivity contribution in [1.29, 1.82) is 0 Å². The van der Waals surface area contributed by atoms with E-state index in [0.29, 0.717) is 5.69 Å². The molecule has 0 aliphatic rings. The Labute approximate surface area is 89.0 Å². The summed E-state index contributed by atoms with van der Waals surface area (Å²) in [6.07, 6.45) is 0.922. The van der Waals surface area contributed by atoms with E-state index in [-0.39, 0.29) is 10.6 Å². The van der Waals surface area contributed by atoms with Crippen LogP contribution in [0, 0.1) is 0 Å². The van der Waals surface area contributed by atoms with Crippen molar-refractivity contribution in [2.24, 2.45) is 0 Å². The van der Waals surface area contributed by atoms with Crippen LogP contribution in [0.5, 0.6) is 0 Å². The Morgan fingerprint density at radius 3 is 2.67 bits per heavy atom. The lowest BCUT2D eigenvalue weighted by Gasteiger charge is -2.07. The average molecular weight is 230 g/mol. The third-order valence-electron chi connectivity index (χ3n) is 1.87. The maximum absolute atomic E-state index is 10.9. The normalized spacial score (nSPS) is 11.3. The first-order valence-corrected chi connectivity index (χ1v) is 6.00. The van der Waals surface area contributed by atoms with Gasteiger partial charge in [-0.2, -0.15) is 8.42 Å². The molecule has 0 unspecified atom stereocenters.